The molecular formula is C28H21ClO2. The van der Waals surface area contributed by atoms with E-state index in [9.17, 15) is 9.59 Å². The van der Waals surface area contributed by atoms with Gasteiger partial charge < -0.3 is 0 Å². The number of benzene rings is 4. The van der Waals surface area contributed by atoms with Crippen LogP contribution in [-0.2, 0) is 0 Å². The van der Waals surface area contributed by atoms with Crippen LogP contribution in [0.25, 0.3) is 0 Å². The number of carbonyl (C=O) groups excluding carboxylic acids is 2. The van der Waals surface area contributed by atoms with Gasteiger partial charge in [0.1, 0.15) is 0 Å². The standard InChI is InChI=1S/C28H21ClO2/c29-24-18-16-21(17-19-24)25(20-10-4-1-5-11-20)26(27(30)22-12-6-2-7-13-22)28(31)23-14-8-3-9-15-23/h1-19,25-26H. The number of Topliss-reactive ketones (excluding diaryl/α,β-unsaturated/α-hetero) is 2. The topological polar surface area (TPSA) is 34.1 Å². The molecule has 0 radical (unpaired) electrons. The summed E-state index contributed by atoms with van der Waals surface area (Å²) in [5, 5.41) is 0.607. The SMILES string of the molecule is O=C(c1ccccc1)C(C(=O)c1ccccc1)C(c1ccccc1)c1ccc(Cl)cc1. The first-order valence-electron chi connectivity index (χ1n) is 10.1. The molecule has 152 valence electrons. The minimum absolute atomic E-state index is 0.196. The lowest BCUT2D eigenvalue weighted by molar-refractivity contribution is 0.0793. The Morgan fingerprint density at radius 3 is 1.35 bits per heavy atom. The Bertz CT molecular complexity index is 1100. The van der Waals surface area contributed by atoms with Gasteiger partial charge in [-0.1, -0.05) is 115 Å². The van der Waals surface area contributed by atoms with E-state index in [0.29, 0.717) is 16.1 Å². The highest BCUT2D eigenvalue weighted by atomic mass is 35.5. The van der Waals surface area contributed by atoms with E-state index in [1.54, 1.807) is 36.4 Å². The van der Waals surface area contributed by atoms with Crippen LogP contribution >= 0.6 is 11.6 Å². The number of halogens is 1. The van der Waals surface area contributed by atoms with Crippen molar-refractivity contribution < 1.29 is 9.59 Å². The molecule has 0 N–H and O–H groups in total. The Labute approximate surface area is 187 Å². The minimum Gasteiger partial charge on any atom is -0.293 e. The summed E-state index contributed by atoms with van der Waals surface area (Å²) in [6, 6.07) is 35.1. The maximum absolute atomic E-state index is 13.8. The number of hydrogen-bond donors (Lipinski definition) is 0. The second-order valence-corrected chi connectivity index (χ2v) is 7.81. The Balaban J connectivity index is 1.90. The summed E-state index contributed by atoms with van der Waals surface area (Å²) in [7, 11) is 0. The molecule has 0 aliphatic heterocycles. The van der Waals surface area contributed by atoms with Gasteiger partial charge in [0, 0.05) is 22.1 Å². The van der Waals surface area contributed by atoms with Crippen molar-refractivity contribution in [3.63, 3.8) is 0 Å². The van der Waals surface area contributed by atoms with E-state index < -0.39 is 11.8 Å². The first kappa shape index (κ1) is 20.8. The van der Waals surface area contributed by atoms with Crippen molar-refractivity contribution in [3.05, 3.63) is 143 Å². The van der Waals surface area contributed by atoms with Gasteiger partial charge >= 0.3 is 0 Å². The molecule has 0 bridgehead atoms. The zero-order chi connectivity index (χ0) is 21.6. The van der Waals surface area contributed by atoms with Gasteiger partial charge in [0.25, 0.3) is 0 Å². The first-order valence-corrected chi connectivity index (χ1v) is 10.5. The van der Waals surface area contributed by atoms with Gasteiger partial charge in [-0.05, 0) is 23.3 Å². The number of ketones is 2. The quantitative estimate of drug-likeness (QED) is 0.240. The zero-order valence-electron chi connectivity index (χ0n) is 16.8. The molecule has 0 saturated carbocycles. The summed E-state index contributed by atoms with van der Waals surface area (Å²) in [4.78, 5) is 27.5. The fourth-order valence-electron chi connectivity index (χ4n) is 3.89. The van der Waals surface area contributed by atoms with Crippen LogP contribution in [0.3, 0.4) is 0 Å². The van der Waals surface area contributed by atoms with E-state index in [1.165, 1.54) is 0 Å². The molecule has 3 heteroatoms. The highest BCUT2D eigenvalue weighted by Crippen LogP contribution is 2.37. The summed E-state index contributed by atoms with van der Waals surface area (Å²) in [6.45, 7) is 0. The fraction of sp³-hybridized carbons (Fsp3) is 0.0714. The van der Waals surface area contributed by atoms with E-state index in [4.69, 9.17) is 11.6 Å². The largest absolute Gasteiger partial charge is 0.293 e. The lowest BCUT2D eigenvalue weighted by Gasteiger charge is -2.27. The van der Waals surface area contributed by atoms with Gasteiger partial charge in [-0.25, -0.2) is 0 Å². The molecule has 31 heavy (non-hydrogen) atoms. The second-order valence-electron chi connectivity index (χ2n) is 7.38. The maximum atomic E-state index is 13.8. The van der Waals surface area contributed by atoms with Crippen LogP contribution in [0.4, 0.5) is 0 Å². The summed E-state index contributed by atoms with van der Waals surface area (Å²) in [5.41, 5.74) is 2.82. The molecular weight excluding hydrogens is 404 g/mol. The van der Waals surface area contributed by atoms with Crippen LogP contribution in [0, 0.1) is 5.92 Å². The molecule has 0 spiro atoms. The van der Waals surface area contributed by atoms with Gasteiger partial charge in [0.15, 0.2) is 11.6 Å². The highest BCUT2D eigenvalue weighted by Gasteiger charge is 2.37. The summed E-state index contributed by atoms with van der Waals surface area (Å²) >= 11 is 6.12. The predicted octanol–water partition coefficient (Wildman–Crippen LogP) is 6.85. The number of rotatable bonds is 7. The lowest BCUT2D eigenvalue weighted by Crippen LogP contribution is -2.31. The van der Waals surface area contributed by atoms with Crippen LogP contribution in [0.2, 0.25) is 5.02 Å². The van der Waals surface area contributed by atoms with Crippen molar-refractivity contribution >= 4 is 23.2 Å². The Kier molecular flexibility index (Phi) is 6.40. The van der Waals surface area contributed by atoms with E-state index >= 15 is 0 Å². The van der Waals surface area contributed by atoms with Crippen LogP contribution in [0.1, 0.15) is 37.8 Å². The van der Waals surface area contributed by atoms with E-state index in [1.807, 2.05) is 78.9 Å². The second kappa shape index (κ2) is 9.55. The van der Waals surface area contributed by atoms with Gasteiger partial charge in [-0.3, -0.25) is 9.59 Å². The van der Waals surface area contributed by atoms with Crippen molar-refractivity contribution in [1.82, 2.24) is 0 Å². The van der Waals surface area contributed by atoms with Crippen LogP contribution in [0.15, 0.2) is 115 Å². The fourth-order valence-corrected chi connectivity index (χ4v) is 4.02. The summed E-state index contributed by atoms with van der Waals surface area (Å²) < 4.78 is 0. The average Bonchev–Trinajstić information content (AvgIpc) is 2.84. The maximum Gasteiger partial charge on any atom is 0.174 e. The van der Waals surface area contributed by atoms with Crippen molar-refractivity contribution in [2.45, 2.75) is 5.92 Å². The molecule has 1 atom stereocenters. The molecule has 0 saturated heterocycles. The first-order chi connectivity index (χ1) is 15.1. The Morgan fingerprint density at radius 1 is 0.516 bits per heavy atom. The van der Waals surface area contributed by atoms with Crippen LogP contribution < -0.4 is 0 Å². The van der Waals surface area contributed by atoms with Gasteiger partial charge in [-0.15, -0.1) is 0 Å². The molecule has 1 unspecified atom stereocenters. The molecule has 4 rings (SSSR count). The van der Waals surface area contributed by atoms with Crippen molar-refractivity contribution in [1.29, 1.82) is 0 Å². The van der Waals surface area contributed by atoms with E-state index in [0.717, 1.165) is 11.1 Å². The molecule has 4 aromatic carbocycles. The third-order valence-corrected chi connectivity index (χ3v) is 5.65. The zero-order valence-corrected chi connectivity index (χ0v) is 17.6. The Hall–Kier alpha value is -3.49. The molecule has 4 aromatic rings. The van der Waals surface area contributed by atoms with Crippen LogP contribution in [-0.4, -0.2) is 11.6 Å². The smallest absolute Gasteiger partial charge is 0.174 e. The molecule has 0 aliphatic carbocycles. The predicted molar refractivity (Wildman–Crippen MR) is 125 cm³/mol. The molecule has 0 heterocycles. The van der Waals surface area contributed by atoms with Crippen LogP contribution in [0.5, 0.6) is 0 Å². The number of carbonyl (C=O) groups is 2. The minimum atomic E-state index is -0.909. The van der Waals surface area contributed by atoms with Crippen molar-refractivity contribution in [2.24, 2.45) is 5.92 Å². The Morgan fingerprint density at radius 2 is 0.903 bits per heavy atom. The van der Waals surface area contributed by atoms with Gasteiger partial charge in [-0.2, -0.15) is 0 Å². The molecule has 0 amide bonds. The average molecular weight is 425 g/mol. The number of hydrogen-bond acceptors (Lipinski definition) is 2. The van der Waals surface area contributed by atoms with E-state index in [2.05, 4.69) is 0 Å². The third kappa shape index (κ3) is 4.65. The molecule has 0 aliphatic rings. The van der Waals surface area contributed by atoms with E-state index in [-0.39, 0.29) is 11.6 Å². The highest BCUT2D eigenvalue weighted by molar-refractivity contribution is 6.30. The summed E-state index contributed by atoms with van der Waals surface area (Å²) in [6.07, 6.45) is 0. The van der Waals surface area contributed by atoms with Gasteiger partial charge in [0.2, 0.25) is 0 Å². The van der Waals surface area contributed by atoms with Gasteiger partial charge in [0.05, 0.1) is 5.92 Å². The summed E-state index contributed by atoms with van der Waals surface area (Å²) in [5.74, 6) is -1.75. The molecule has 0 aromatic heterocycles. The van der Waals surface area contributed by atoms with Crippen molar-refractivity contribution in [2.75, 3.05) is 0 Å². The lowest BCUT2D eigenvalue weighted by atomic mass is 9.73. The normalized spacial score (nSPS) is 11.8. The monoisotopic (exact) mass is 424 g/mol. The molecule has 0 fully saturated rings. The van der Waals surface area contributed by atoms with Crippen molar-refractivity contribution in [3.8, 4) is 0 Å². The molecule has 2 nitrogen and oxygen atoms in total. The third-order valence-electron chi connectivity index (χ3n) is 5.40.